The van der Waals surface area contributed by atoms with E-state index in [2.05, 4.69) is 87.6 Å². The number of rotatable bonds is 8. The standard InChI is InChI=1S/C20H37BrN6.HI/c1-6-22-20(25(5)16-19-12-18(21)15-24(19)4)23-13-17(3)14-27-10-8-26(7-2)9-11-27;/h12,15,17H,6-11,13-14,16H2,1-5H3,(H,22,23);1H. The summed E-state index contributed by atoms with van der Waals surface area (Å²) < 4.78 is 3.27. The molecular weight excluding hydrogens is 531 g/mol. The number of nitrogens with one attached hydrogen (secondary N) is 1. The highest BCUT2D eigenvalue weighted by Crippen LogP contribution is 2.15. The molecule has 0 amide bonds. The van der Waals surface area contributed by atoms with Crippen LogP contribution in [0, 0.1) is 5.92 Å². The predicted octanol–water partition coefficient (Wildman–Crippen LogP) is 3.08. The van der Waals surface area contributed by atoms with Crippen LogP contribution in [-0.2, 0) is 13.6 Å². The summed E-state index contributed by atoms with van der Waals surface area (Å²) in [6, 6.07) is 2.17. The van der Waals surface area contributed by atoms with Gasteiger partial charge in [-0.3, -0.25) is 4.99 Å². The number of halogens is 2. The largest absolute Gasteiger partial charge is 0.357 e. The normalized spacial score (nSPS) is 17.3. The van der Waals surface area contributed by atoms with Crippen LogP contribution in [0.3, 0.4) is 0 Å². The Kier molecular flexibility index (Phi) is 12.0. The van der Waals surface area contributed by atoms with E-state index in [1.807, 2.05) is 0 Å². The van der Waals surface area contributed by atoms with E-state index in [0.29, 0.717) is 5.92 Å². The first-order valence-corrected chi connectivity index (χ1v) is 11.0. The maximum atomic E-state index is 4.92. The molecule has 2 rings (SSSR count). The first kappa shape index (κ1) is 25.7. The molecule has 1 aromatic heterocycles. The molecule has 1 unspecified atom stereocenters. The van der Waals surface area contributed by atoms with Crippen molar-refractivity contribution >= 4 is 45.9 Å². The van der Waals surface area contributed by atoms with Crippen LogP contribution in [0.5, 0.6) is 0 Å². The molecule has 0 aliphatic carbocycles. The van der Waals surface area contributed by atoms with Crippen molar-refractivity contribution < 1.29 is 0 Å². The maximum Gasteiger partial charge on any atom is 0.194 e. The molecule has 1 aliphatic rings. The zero-order valence-corrected chi connectivity index (χ0v) is 22.0. The highest BCUT2D eigenvalue weighted by molar-refractivity contribution is 14.0. The Balaban J connectivity index is 0.00000392. The zero-order valence-electron chi connectivity index (χ0n) is 18.1. The van der Waals surface area contributed by atoms with Crippen molar-refractivity contribution in [2.75, 3.05) is 59.4 Å². The molecule has 1 atom stereocenters. The molecule has 1 saturated heterocycles. The Morgan fingerprint density at radius 3 is 2.43 bits per heavy atom. The summed E-state index contributed by atoms with van der Waals surface area (Å²) in [6.07, 6.45) is 2.09. The van der Waals surface area contributed by atoms with Gasteiger partial charge in [-0.2, -0.15) is 0 Å². The minimum atomic E-state index is 0. The first-order valence-electron chi connectivity index (χ1n) is 10.2. The number of hydrogen-bond donors (Lipinski definition) is 1. The molecule has 0 radical (unpaired) electrons. The van der Waals surface area contributed by atoms with Gasteiger partial charge in [-0.1, -0.05) is 13.8 Å². The second-order valence-corrected chi connectivity index (χ2v) is 8.57. The molecule has 2 heterocycles. The summed E-state index contributed by atoms with van der Waals surface area (Å²) in [6.45, 7) is 16.3. The molecular formula is C20H38BrIN6. The second kappa shape index (κ2) is 13.1. The van der Waals surface area contributed by atoms with Crippen LogP contribution >= 0.6 is 39.9 Å². The van der Waals surface area contributed by atoms with E-state index < -0.39 is 0 Å². The molecule has 6 nitrogen and oxygen atoms in total. The van der Waals surface area contributed by atoms with Crippen LogP contribution in [0.25, 0.3) is 0 Å². The number of aryl methyl sites for hydroxylation is 1. The summed E-state index contributed by atoms with van der Waals surface area (Å²) in [5.41, 5.74) is 1.26. The smallest absolute Gasteiger partial charge is 0.194 e. The van der Waals surface area contributed by atoms with E-state index in [9.17, 15) is 0 Å². The molecule has 28 heavy (non-hydrogen) atoms. The predicted molar refractivity (Wildman–Crippen MR) is 134 cm³/mol. The molecule has 162 valence electrons. The van der Waals surface area contributed by atoms with Crippen LogP contribution in [0.15, 0.2) is 21.7 Å². The average Bonchev–Trinajstić information content (AvgIpc) is 2.96. The molecule has 0 saturated carbocycles. The molecule has 0 spiro atoms. The van der Waals surface area contributed by atoms with E-state index in [1.54, 1.807) is 0 Å². The molecule has 8 heteroatoms. The van der Waals surface area contributed by atoms with Gasteiger partial charge < -0.3 is 24.6 Å². The highest BCUT2D eigenvalue weighted by Gasteiger charge is 2.17. The third-order valence-electron chi connectivity index (χ3n) is 5.20. The van der Waals surface area contributed by atoms with Crippen molar-refractivity contribution in [2.24, 2.45) is 18.0 Å². The van der Waals surface area contributed by atoms with Crippen LogP contribution in [0.4, 0.5) is 0 Å². The maximum absolute atomic E-state index is 4.92. The summed E-state index contributed by atoms with van der Waals surface area (Å²) in [5.74, 6) is 1.54. The average molecular weight is 569 g/mol. The van der Waals surface area contributed by atoms with Gasteiger partial charge in [0.2, 0.25) is 0 Å². The van der Waals surface area contributed by atoms with Crippen molar-refractivity contribution in [3.8, 4) is 0 Å². The van der Waals surface area contributed by atoms with E-state index >= 15 is 0 Å². The van der Waals surface area contributed by atoms with Gasteiger partial charge in [-0.05, 0) is 41.4 Å². The third-order valence-corrected chi connectivity index (χ3v) is 5.64. The van der Waals surface area contributed by atoms with Crippen molar-refractivity contribution in [3.63, 3.8) is 0 Å². The monoisotopic (exact) mass is 568 g/mol. The topological polar surface area (TPSA) is 39.0 Å². The summed E-state index contributed by atoms with van der Waals surface area (Å²) in [7, 11) is 4.19. The fourth-order valence-corrected chi connectivity index (χ4v) is 4.11. The number of aliphatic imine (C=N–C) groups is 1. The van der Waals surface area contributed by atoms with Gasteiger partial charge in [0.05, 0.1) is 6.54 Å². The SMILES string of the molecule is CCNC(=NCC(C)CN1CCN(CC)CC1)N(C)Cc1cc(Br)cn1C.I. The highest BCUT2D eigenvalue weighted by atomic mass is 127. The van der Waals surface area contributed by atoms with E-state index in [1.165, 1.54) is 38.4 Å². The summed E-state index contributed by atoms with van der Waals surface area (Å²) in [5, 5.41) is 3.44. The molecule has 0 aromatic carbocycles. The lowest BCUT2D eigenvalue weighted by Crippen LogP contribution is -2.47. The van der Waals surface area contributed by atoms with Crippen molar-refractivity contribution in [3.05, 3.63) is 22.4 Å². The lowest BCUT2D eigenvalue weighted by atomic mass is 10.1. The third kappa shape index (κ3) is 8.20. The second-order valence-electron chi connectivity index (χ2n) is 7.65. The minimum Gasteiger partial charge on any atom is -0.357 e. The Morgan fingerprint density at radius 2 is 1.89 bits per heavy atom. The fraction of sp³-hybridized carbons (Fsp3) is 0.750. The Morgan fingerprint density at radius 1 is 1.25 bits per heavy atom. The van der Waals surface area contributed by atoms with Gasteiger partial charge in [0.1, 0.15) is 0 Å². The summed E-state index contributed by atoms with van der Waals surface area (Å²) in [4.78, 5) is 12.2. The van der Waals surface area contributed by atoms with Gasteiger partial charge in [-0.25, -0.2) is 0 Å². The number of aromatic nitrogens is 1. The number of hydrogen-bond acceptors (Lipinski definition) is 3. The molecule has 1 aromatic rings. The van der Waals surface area contributed by atoms with Gasteiger partial charge in [0, 0.05) is 76.3 Å². The quantitative estimate of drug-likeness (QED) is 0.297. The number of piperazine rings is 1. The lowest BCUT2D eigenvalue weighted by Gasteiger charge is -2.35. The van der Waals surface area contributed by atoms with Crippen LogP contribution < -0.4 is 5.32 Å². The van der Waals surface area contributed by atoms with Crippen LogP contribution in [-0.4, -0.2) is 84.6 Å². The summed E-state index contributed by atoms with van der Waals surface area (Å²) >= 11 is 3.55. The minimum absolute atomic E-state index is 0. The van der Waals surface area contributed by atoms with Gasteiger partial charge in [0.15, 0.2) is 5.96 Å². The van der Waals surface area contributed by atoms with E-state index in [0.717, 1.165) is 36.6 Å². The Bertz CT molecular complexity index is 598. The first-order chi connectivity index (χ1) is 12.9. The molecule has 0 bridgehead atoms. The van der Waals surface area contributed by atoms with E-state index in [-0.39, 0.29) is 24.0 Å². The van der Waals surface area contributed by atoms with Gasteiger partial charge in [-0.15, -0.1) is 24.0 Å². The molecule has 1 fully saturated rings. The number of likely N-dealkylation sites (N-methyl/N-ethyl adjacent to an activating group) is 1. The van der Waals surface area contributed by atoms with Crippen molar-refractivity contribution in [1.29, 1.82) is 0 Å². The van der Waals surface area contributed by atoms with Crippen LogP contribution in [0.1, 0.15) is 26.5 Å². The Hall–Kier alpha value is -0.320. The number of nitrogens with zero attached hydrogens (tertiary/aromatic N) is 5. The van der Waals surface area contributed by atoms with Gasteiger partial charge in [0.25, 0.3) is 0 Å². The fourth-order valence-electron chi connectivity index (χ4n) is 3.54. The Labute approximate surface area is 196 Å². The van der Waals surface area contributed by atoms with Gasteiger partial charge >= 0.3 is 0 Å². The van der Waals surface area contributed by atoms with Crippen molar-refractivity contribution in [2.45, 2.75) is 27.3 Å². The molecule has 1 N–H and O–H groups in total. The van der Waals surface area contributed by atoms with Crippen molar-refractivity contribution in [1.82, 2.24) is 24.6 Å². The molecule has 1 aliphatic heterocycles. The van der Waals surface area contributed by atoms with E-state index in [4.69, 9.17) is 4.99 Å². The van der Waals surface area contributed by atoms with Crippen LogP contribution in [0.2, 0.25) is 0 Å². The number of guanidine groups is 1. The lowest BCUT2D eigenvalue weighted by molar-refractivity contribution is 0.125. The zero-order chi connectivity index (χ0) is 19.8.